The van der Waals surface area contributed by atoms with Gasteiger partial charge in [-0.05, 0) is 23.8 Å². The number of hydrogen-bond donors (Lipinski definition) is 0. The van der Waals surface area contributed by atoms with Gasteiger partial charge < -0.3 is 4.74 Å². The Morgan fingerprint density at radius 2 is 1.79 bits per heavy atom. The van der Waals surface area contributed by atoms with Crippen LogP contribution < -0.4 is 4.74 Å². The molecule has 0 radical (unpaired) electrons. The van der Waals surface area contributed by atoms with Crippen molar-refractivity contribution in [2.75, 3.05) is 6.61 Å². The summed E-state index contributed by atoms with van der Waals surface area (Å²) in [4.78, 5) is -0.0917. The lowest BCUT2D eigenvalue weighted by atomic mass is 10.1. The standard InChI is InChI=1S/C21H16ClF2NO3S/c22-17-7-4-8-20-21(17)28-13-19(14-5-2-1-3-6-14)25(29(20,26)27)12-15-9-10-16(23)11-18(15)24/h1-11,19H,12-13H2/t19-/m1/s1. The van der Waals surface area contributed by atoms with Gasteiger partial charge in [-0.3, -0.25) is 0 Å². The molecule has 3 aromatic rings. The van der Waals surface area contributed by atoms with Crippen molar-refractivity contribution in [2.24, 2.45) is 0 Å². The summed E-state index contributed by atoms with van der Waals surface area (Å²) in [6.45, 7) is -0.299. The fourth-order valence-electron chi connectivity index (χ4n) is 3.32. The summed E-state index contributed by atoms with van der Waals surface area (Å²) in [6.07, 6.45) is 0. The first-order chi connectivity index (χ1) is 13.9. The van der Waals surface area contributed by atoms with Crippen molar-refractivity contribution in [3.05, 3.63) is 94.5 Å². The van der Waals surface area contributed by atoms with Crippen molar-refractivity contribution >= 4 is 21.6 Å². The lowest BCUT2D eigenvalue weighted by Gasteiger charge is -2.28. The molecule has 0 fully saturated rings. The number of sulfonamides is 1. The van der Waals surface area contributed by atoms with Crippen molar-refractivity contribution < 1.29 is 21.9 Å². The molecule has 1 aliphatic heterocycles. The zero-order valence-corrected chi connectivity index (χ0v) is 16.6. The number of nitrogens with zero attached hydrogens (tertiary/aromatic N) is 1. The van der Waals surface area contributed by atoms with E-state index in [-0.39, 0.29) is 34.4 Å². The topological polar surface area (TPSA) is 46.6 Å². The molecule has 29 heavy (non-hydrogen) atoms. The molecule has 0 saturated heterocycles. The Labute approximate surface area is 172 Å². The molecule has 1 aliphatic rings. The van der Waals surface area contributed by atoms with Crippen LogP contribution >= 0.6 is 11.6 Å². The molecule has 0 spiro atoms. The summed E-state index contributed by atoms with van der Waals surface area (Å²) in [6, 6.07) is 15.7. The van der Waals surface area contributed by atoms with Gasteiger partial charge in [-0.1, -0.05) is 54.1 Å². The van der Waals surface area contributed by atoms with Gasteiger partial charge in [-0.15, -0.1) is 0 Å². The zero-order chi connectivity index (χ0) is 20.6. The number of para-hydroxylation sites is 1. The largest absolute Gasteiger partial charge is 0.489 e. The molecule has 0 saturated carbocycles. The molecule has 0 bridgehead atoms. The Kier molecular flexibility index (Phi) is 5.29. The van der Waals surface area contributed by atoms with Crippen molar-refractivity contribution in [2.45, 2.75) is 17.5 Å². The molecule has 1 heterocycles. The normalized spacial score (nSPS) is 18.5. The number of benzene rings is 3. The first-order valence-corrected chi connectivity index (χ1v) is 10.6. The fraction of sp³-hybridized carbons (Fsp3) is 0.143. The maximum atomic E-state index is 14.3. The Bertz CT molecular complexity index is 1160. The second-order valence-electron chi connectivity index (χ2n) is 6.59. The summed E-state index contributed by atoms with van der Waals surface area (Å²) >= 11 is 6.18. The smallest absolute Gasteiger partial charge is 0.247 e. The highest BCUT2D eigenvalue weighted by Gasteiger charge is 2.39. The molecule has 8 heteroatoms. The number of rotatable bonds is 3. The third kappa shape index (κ3) is 3.73. The van der Waals surface area contributed by atoms with Gasteiger partial charge in [0.2, 0.25) is 10.0 Å². The van der Waals surface area contributed by atoms with Crippen LogP contribution in [0, 0.1) is 11.6 Å². The van der Waals surface area contributed by atoms with E-state index >= 15 is 0 Å². The van der Waals surface area contributed by atoms with E-state index in [1.165, 1.54) is 22.5 Å². The van der Waals surface area contributed by atoms with Gasteiger partial charge in [0.1, 0.15) is 23.1 Å². The van der Waals surface area contributed by atoms with Gasteiger partial charge in [-0.2, -0.15) is 4.31 Å². The average Bonchev–Trinajstić information content (AvgIpc) is 2.80. The Morgan fingerprint density at radius 3 is 2.52 bits per heavy atom. The van der Waals surface area contributed by atoms with Crippen molar-refractivity contribution in [3.63, 3.8) is 0 Å². The van der Waals surface area contributed by atoms with Gasteiger partial charge in [0, 0.05) is 18.2 Å². The quantitative estimate of drug-likeness (QED) is 0.585. The van der Waals surface area contributed by atoms with Crippen molar-refractivity contribution in [3.8, 4) is 5.75 Å². The van der Waals surface area contributed by atoms with E-state index in [1.807, 2.05) is 6.07 Å². The molecule has 0 aromatic heterocycles. The van der Waals surface area contributed by atoms with Crippen LogP contribution in [0.3, 0.4) is 0 Å². The minimum absolute atomic E-state index is 0.0111. The third-order valence-corrected chi connectivity index (χ3v) is 6.95. The number of ether oxygens (including phenoxy) is 1. The molecule has 1 atom stereocenters. The highest BCUT2D eigenvalue weighted by Crippen LogP contribution is 2.41. The molecule has 150 valence electrons. The predicted octanol–water partition coefficient (Wildman–Crippen LogP) is 4.94. The molecular formula is C21H16ClF2NO3S. The van der Waals surface area contributed by atoms with Gasteiger partial charge in [0.15, 0.2) is 5.75 Å². The number of hydrogen-bond acceptors (Lipinski definition) is 3. The van der Waals surface area contributed by atoms with Crippen LogP contribution in [0.2, 0.25) is 5.02 Å². The second kappa shape index (κ2) is 7.74. The van der Waals surface area contributed by atoms with Gasteiger partial charge >= 0.3 is 0 Å². The van der Waals surface area contributed by atoms with Crippen LogP contribution in [0.15, 0.2) is 71.6 Å². The molecular weight excluding hydrogens is 420 g/mol. The lowest BCUT2D eigenvalue weighted by Crippen LogP contribution is -2.35. The summed E-state index contributed by atoms with van der Waals surface area (Å²) in [5, 5.41) is 0.174. The lowest BCUT2D eigenvalue weighted by molar-refractivity contribution is 0.209. The summed E-state index contributed by atoms with van der Waals surface area (Å²) in [5.41, 5.74) is 0.740. The van der Waals surface area contributed by atoms with Crippen LogP contribution in [0.4, 0.5) is 8.78 Å². The van der Waals surface area contributed by atoms with Gasteiger partial charge in [0.25, 0.3) is 0 Å². The first-order valence-electron chi connectivity index (χ1n) is 8.80. The average molecular weight is 436 g/mol. The van der Waals surface area contributed by atoms with Gasteiger partial charge in [-0.25, -0.2) is 17.2 Å². The molecule has 0 aliphatic carbocycles. The SMILES string of the molecule is O=S1(=O)c2cccc(Cl)c2OC[C@H](c2ccccc2)N1Cc1ccc(F)cc1F. The van der Waals surface area contributed by atoms with Crippen LogP contribution in [0.5, 0.6) is 5.75 Å². The van der Waals surface area contributed by atoms with E-state index < -0.39 is 27.7 Å². The van der Waals surface area contributed by atoms with E-state index in [0.717, 1.165) is 12.1 Å². The Balaban J connectivity index is 1.87. The second-order valence-corrected chi connectivity index (χ2v) is 8.86. The van der Waals surface area contributed by atoms with E-state index in [2.05, 4.69) is 0 Å². The van der Waals surface area contributed by atoms with Crippen molar-refractivity contribution in [1.29, 1.82) is 0 Å². The Hall–Kier alpha value is -2.48. The predicted molar refractivity (Wildman–Crippen MR) is 105 cm³/mol. The molecule has 0 unspecified atom stereocenters. The van der Waals surface area contributed by atoms with Crippen LogP contribution in [0.25, 0.3) is 0 Å². The van der Waals surface area contributed by atoms with E-state index in [9.17, 15) is 17.2 Å². The van der Waals surface area contributed by atoms with E-state index in [0.29, 0.717) is 5.56 Å². The minimum atomic E-state index is -4.10. The molecule has 0 amide bonds. The van der Waals surface area contributed by atoms with Crippen LogP contribution in [-0.2, 0) is 16.6 Å². The van der Waals surface area contributed by atoms with Gasteiger partial charge in [0.05, 0.1) is 11.1 Å². The summed E-state index contributed by atoms with van der Waals surface area (Å²) in [7, 11) is -4.10. The first kappa shape index (κ1) is 19.8. The minimum Gasteiger partial charge on any atom is -0.489 e. The van der Waals surface area contributed by atoms with E-state index in [1.54, 1.807) is 30.3 Å². The zero-order valence-electron chi connectivity index (χ0n) is 15.1. The molecule has 0 N–H and O–H groups in total. The summed E-state index contributed by atoms with van der Waals surface area (Å²) in [5.74, 6) is -1.48. The molecule has 3 aromatic carbocycles. The summed E-state index contributed by atoms with van der Waals surface area (Å²) < 4.78 is 61.7. The highest BCUT2D eigenvalue weighted by molar-refractivity contribution is 7.89. The van der Waals surface area contributed by atoms with Crippen LogP contribution in [-0.4, -0.2) is 19.3 Å². The van der Waals surface area contributed by atoms with E-state index in [4.69, 9.17) is 16.3 Å². The van der Waals surface area contributed by atoms with Crippen molar-refractivity contribution in [1.82, 2.24) is 4.31 Å². The highest BCUT2D eigenvalue weighted by atomic mass is 35.5. The number of halogens is 3. The molecule has 4 rings (SSSR count). The number of fused-ring (bicyclic) bond motifs is 1. The fourth-order valence-corrected chi connectivity index (χ4v) is 5.34. The maximum absolute atomic E-state index is 14.3. The third-order valence-electron chi connectivity index (χ3n) is 4.78. The molecule has 4 nitrogen and oxygen atoms in total. The Morgan fingerprint density at radius 1 is 1.03 bits per heavy atom. The van der Waals surface area contributed by atoms with Crippen LogP contribution in [0.1, 0.15) is 17.2 Å². The maximum Gasteiger partial charge on any atom is 0.247 e. The monoisotopic (exact) mass is 435 g/mol.